The van der Waals surface area contributed by atoms with Crippen molar-refractivity contribution in [2.24, 2.45) is 0 Å². The van der Waals surface area contributed by atoms with Crippen LogP contribution in [-0.4, -0.2) is 14.2 Å². The number of hydrogen-bond acceptors (Lipinski definition) is 3. The summed E-state index contributed by atoms with van der Waals surface area (Å²) < 4.78 is 60.3. The monoisotopic (exact) mass is 349 g/mol. The summed E-state index contributed by atoms with van der Waals surface area (Å²) in [4.78, 5) is -0.446. The second kappa shape index (κ2) is 6.58. The molecule has 8 heteroatoms. The minimum Gasteiger partial charge on any atom is -0.381 e. The number of sulfone groups is 1. The van der Waals surface area contributed by atoms with Gasteiger partial charge in [0.2, 0.25) is 9.84 Å². The summed E-state index contributed by atoms with van der Waals surface area (Å²) in [5.74, 6) is -3.97. The largest absolute Gasteiger partial charge is 0.381 e. The van der Waals surface area contributed by atoms with Gasteiger partial charge in [-0.05, 0) is 42.0 Å². The molecule has 1 N–H and O–H groups in total. The first kappa shape index (κ1) is 16.6. The van der Waals surface area contributed by atoms with Crippen molar-refractivity contribution in [3.05, 3.63) is 58.9 Å². The second-order valence-corrected chi connectivity index (χ2v) is 6.76. The highest BCUT2D eigenvalue weighted by atomic mass is 35.5. The molecule has 3 nitrogen and oxygen atoms in total. The van der Waals surface area contributed by atoms with Gasteiger partial charge < -0.3 is 5.32 Å². The topological polar surface area (TPSA) is 46.2 Å². The van der Waals surface area contributed by atoms with E-state index in [1.807, 2.05) is 0 Å². The lowest BCUT2D eigenvalue weighted by Crippen LogP contribution is -2.11. The van der Waals surface area contributed by atoms with Gasteiger partial charge in [-0.1, -0.05) is 17.7 Å². The van der Waals surface area contributed by atoms with Crippen LogP contribution in [0.15, 0.2) is 47.4 Å². The highest BCUT2D eigenvalue weighted by molar-refractivity contribution is 7.91. The van der Waals surface area contributed by atoms with Crippen molar-refractivity contribution in [2.45, 2.75) is 17.2 Å². The van der Waals surface area contributed by atoms with Gasteiger partial charge in [-0.15, -0.1) is 0 Å². The van der Waals surface area contributed by atoms with E-state index in [2.05, 4.69) is 5.32 Å². The first-order chi connectivity index (χ1) is 10.3. The van der Waals surface area contributed by atoms with Gasteiger partial charge in [0.15, 0.2) is 0 Å². The van der Waals surface area contributed by atoms with Crippen LogP contribution in [-0.2, 0) is 16.4 Å². The molecule has 0 saturated heterocycles. The number of nitrogens with one attached hydrogen (secondary N) is 1. The predicted octanol–water partition coefficient (Wildman–Crippen LogP) is 4.09. The van der Waals surface area contributed by atoms with Crippen LogP contribution in [0, 0.1) is 5.82 Å². The minimum atomic E-state index is -4.59. The third-order valence-electron chi connectivity index (χ3n) is 2.90. The van der Waals surface area contributed by atoms with Gasteiger partial charge in [-0.25, -0.2) is 12.8 Å². The van der Waals surface area contributed by atoms with Crippen molar-refractivity contribution in [1.82, 2.24) is 0 Å². The molecule has 0 aliphatic carbocycles. The van der Waals surface area contributed by atoms with Crippen LogP contribution in [0.3, 0.4) is 0 Å². The maximum absolute atomic E-state index is 13.0. The normalized spacial score (nSPS) is 11.7. The summed E-state index contributed by atoms with van der Waals surface area (Å²) in [7, 11) is -4.59. The smallest absolute Gasteiger partial charge is 0.341 e. The predicted molar refractivity (Wildman–Crippen MR) is 78.4 cm³/mol. The Morgan fingerprint density at radius 2 is 1.73 bits per heavy atom. The number of rotatable bonds is 5. The molecule has 0 saturated carbocycles. The maximum Gasteiger partial charge on any atom is 0.341 e. The van der Waals surface area contributed by atoms with Gasteiger partial charge in [0, 0.05) is 12.2 Å². The minimum absolute atomic E-state index is 0.00215. The van der Waals surface area contributed by atoms with Gasteiger partial charge in [0.1, 0.15) is 5.82 Å². The fourth-order valence-corrected chi connectivity index (χ4v) is 2.64. The van der Waals surface area contributed by atoms with E-state index in [1.54, 1.807) is 6.07 Å². The molecule has 0 atom stereocenters. The van der Waals surface area contributed by atoms with Crippen LogP contribution in [0.5, 0.6) is 0 Å². The average Bonchev–Trinajstić information content (AvgIpc) is 2.49. The fraction of sp³-hybridized carbons (Fsp3) is 0.143. The fourth-order valence-electron chi connectivity index (χ4n) is 1.72. The van der Waals surface area contributed by atoms with Gasteiger partial charge in [-0.3, -0.25) is 0 Å². The van der Waals surface area contributed by atoms with Crippen LogP contribution in [0.2, 0.25) is 5.02 Å². The molecule has 0 amide bonds. The zero-order valence-corrected chi connectivity index (χ0v) is 12.6. The standard InChI is InChI=1S/C14H11ClF3NO2S/c15-12-7-9(1-6-13(12)16)8-19-10-2-4-11(5-3-10)22(20,21)14(17)18/h1-7,14,19H,8H2. The van der Waals surface area contributed by atoms with Crippen LogP contribution < -0.4 is 5.32 Å². The first-order valence-corrected chi connectivity index (χ1v) is 8.03. The summed E-state index contributed by atoms with van der Waals surface area (Å²) >= 11 is 5.66. The van der Waals surface area contributed by atoms with Crippen molar-refractivity contribution in [3.8, 4) is 0 Å². The van der Waals surface area contributed by atoms with E-state index >= 15 is 0 Å². The number of halogens is 4. The molecule has 22 heavy (non-hydrogen) atoms. The summed E-state index contributed by atoms with van der Waals surface area (Å²) in [6.45, 7) is 0.320. The maximum atomic E-state index is 13.0. The van der Waals surface area contributed by atoms with Gasteiger partial charge in [-0.2, -0.15) is 8.78 Å². The van der Waals surface area contributed by atoms with Crippen molar-refractivity contribution in [1.29, 1.82) is 0 Å². The Labute approximate surface area is 130 Å². The quantitative estimate of drug-likeness (QED) is 0.884. The van der Waals surface area contributed by atoms with Crippen LogP contribution in [0.1, 0.15) is 5.56 Å². The Balaban J connectivity index is 2.07. The second-order valence-electron chi connectivity index (χ2n) is 4.43. The highest BCUT2D eigenvalue weighted by Crippen LogP contribution is 2.21. The Hall–Kier alpha value is -1.73. The summed E-state index contributed by atoms with van der Waals surface area (Å²) in [6.07, 6.45) is 0. The van der Waals surface area contributed by atoms with E-state index in [4.69, 9.17) is 11.6 Å². The van der Waals surface area contributed by atoms with E-state index in [0.29, 0.717) is 12.2 Å². The molecule has 0 spiro atoms. The Bertz CT molecular complexity index is 764. The molecular weight excluding hydrogens is 339 g/mol. The molecule has 118 valence electrons. The first-order valence-electron chi connectivity index (χ1n) is 6.10. The van der Waals surface area contributed by atoms with E-state index in [1.165, 1.54) is 24.3 Å². The van der Waals surface area contributed by atoms with Crippen LogP contribution in [0.25, 0.3) is 0 Å². The van der Waals surface area contributed by atoms with Crippen molar-refractivity contribution in [3.63, 3.8) is 0 Å². The molecule has 2 rings (SSSR count). The summed E-state index contributed by atoms with van der Waals surface area (Å²) in [6, 6.07) is 9.19. The lowest BCUT2D eigenvalue weighted by atomic mass is 10.2. The molecule has 0 radical (unpaired) electrons. The van der Waals surface area contributed by atoms with E-state index in [-0.39, 0.29) is 5.02 Å². The lowest BCUT2D eigenvalue weighted by Gasteiger charge is -2.08. The average molecular weight is 350 g/mol. The molecule has 0 bridgehead atoms. The Morgan fingerprint density at radius 3 is 2.27 bits per heavy atom. The van der Waals surface area contributed by atoms with E-state index in [0.717, 1.165) is 17.7 Å². The van der Waals surface area contributed by atoms with Gasteiger partial charge in [0.05, 0.1) is 9.92 Å². The number of hydrogen-bond donors (Lipinski definition) is 1. The number of alkyl halides is 2. The zero-order valence-electron chi connectivity index (χ0n) is 11.1. The molecule has 0 aliphatic rings. The number of anilines is 1. The van der Waals surface area contributed by atoms with Gasteiger partial charge in [0.25, 0.3) is 0 Å². The van der Waals surface area contributed by atoms with Crippen molar-refractivity contribution in [2.75, 3.05) is 5.32 Å². The molecule has 2 aromatic rings. The van der Waals surface area contributed by atoms with E-state index < -0.39 is 26.3 Å². The molecule has 0 unspecified atom stereocenters. The molecule has 0 aliphatic heterocycles. The molecule has 0 aromatic heterocycles. The Kier molecular flexibility index (Phi) is 4.97. The van der Waals surface area contributed by atoms with Crippen molar-refractivity contribution < 1.29 is 21.6 Å². The lowest BCUT2D eigenvalue weighted by molar-refractivity contribution is 0.234. The molecule has 0 fully saturated rings. The third kappa shape index (κ3) is 3.72. The van der Waals surface area contributed by atoms with Crippen molar-refractivity contribution >= 4 is 27.1 Å². The SMILES string of the molecule is O=S(=O)(c1ccc(NCc2ccc(F)c(Cl)c2)cc1)C(F)F. The molecule has 0 heterocycles. The number of benzene rings is 2. The van der Waals surface area contributed by atoms with E-state index in [9.17, 15) is 21.6 Å². The third-order valence-corrected chi connectivity index (χ3v) is 4.59. The van der Waals surface area contributed by atoms with Gasteiger partial charge >= 0.3 is 5.76 Å². The van der Waals surface area contributed by atoms with Crippen LogP contribution in [0.4, 0.5) is 18.9 Å². The zero-order chi connectivity index (χ0) is 16.3. The summed E-state index contributed by atoms with van der Waals surface area (Å²) in [5.41, 5.74) is 1.25. The highest BCUT2D eigenvalue weighted by Gasteiger charge is 2.26. The van der Waals surface area contributed by atoms with Crippen LogP contribution >= 0.6 is 11.6 Å². The molecular formula is C14H11ClF3NO2S. The Morgan fingerprint density at radius 1 is 1.09 bits per heavy atom. The molecule has 2 aromatic carbocycles. The summed E-state index contributed by atoms with van der Waals surface area (Å²) in [5, 5.41) is 2.95.